The Balaban J connectivity index is 0.00000194. The van der Waals surface area contributed by atoms with E-state index in [1.54, 1.807) is 12.1 Å². The molecule has 6 aromatic rings. The van der Waals surface area contributed by atoms with Crippen LogP contribution in [0.15, 0.2) is 84.9 Å². The molecular formula is C33H32Cl2N4O2. The summed E-state index contributed by atoms with van der Waals surface area (Å²) in [6.45, 7) is 4.98. The second-order valence-electron chi connectivity index (χ2n) is 10.1. The van der Waals surface area contributed by atoms with Crippen LogP contribution in [0.2, 0.25) is 0 Å². The Bertz CT molecular complexity index is 1860. The SMILES string of the molecule is CCCc1nc2c(C)cc(-c3nc4ccccc4n3C)cc2n1Cc1ccc(-c2ccccc2C(=O)O)cc1.Cl.Cl. The highest BCUT2D eigenvalue weighted by molar-refractivity contribution is 5.96. The van der Waals surface area contributed by atoms with E-state index in [0.29, 0.717) is 12.1 Å². The van der Waals surface area contributed by atoms with Gasteiger partial charge in [-0.3, -0.25) is 0 Å². The standard InChI is InChI=1S/C33H30N4O2.2ClH/c1-4-9-30-35-31-21(2)18-24(32-34-27-12-7-8-13-28(27)36(32)3)19-29(31)37(30)20-22-14-16-23(17-15-22)25-10-5-6-11-26(25)33(38)39;;/h5-8,10-19H,4,9,20H2,1-3H3,(H,38,39);2*1H. The molecule has 1 N–H and O–H groups in total. The average molecular weight is 588 g/mol. The van der Waals surface area contributed by atoms with Crippen molar-refractivity contribution in [2.75, 3.05) is 0 Å². The summed E-state index contributed by atoms with van der Waals surface area (Å²) in [6, 6.07) is 27.9. The molecule has 4 aromatic carbocycles. The van der Waals surface area contributed by atoms with Crippen LogP contribution in [0.1, 0.15) is 40.7 Å². The van der Waals surface area contributed by atoms with E-state index in [4.69, 9.17) is 9.97 Å². The van der Waals surface area contributed by atoms with Gasteiger partial charge in [-0.25, -0.2) is 14.8 Å². The summed E-state index contributed by atoms with van der Waals surface area (Å²) in [4.78, 5) is 21.7. The van der Waals surface area contributed by atoms with Crippen LogP contribution in [-0.2, 0) is 20.0 Å². The molecule has 0 spiro atoms. The van der Waals surface area contributed by atoms with Crippen LogP contribution in [0.25, 0.3) is 44.6 Å². The van der Waals surface area contributed by atoms with Crippen LogP contribution in [-0.4, -0.2) is 30.2 Å². The van der Waals surface area contributed by atoms with Crippen molar-refractivity contribution in [3.8, 4) is 22.5 Å². The number of aryl methyl sites for hydroxylation is 3. The van der Waals surface area contributed by atoms with E-state index in [1.165, 1.54) is 0 Å². The molecule has 6 rings (SSSR count). The maximum atomic E-state index is 11.7. The molecular weight excluding hydrogens is 555 g/mol. The highest BCUT2D eigenvalue weighted by Gasteiger charge is 2.17. The van der Waals surface area contributed by atoms with E-state index < -0.39 is 5.97 Å². The lowest BCUT2D eigenvalue weighted by Gasteiger charge is -2.12. The summed E-state index contributed by atoms with van der Waals surface area (Å²) >= 11 is 0. The first kappa shape index (κ1) is 29.8. The summed E-state index contributed by atoms with van der Waals surface area (Å²) in [6.07, 6.45) is 1.89. The Morgan fingerprint density at radius 2 is 1.56 bits per heavy atom. The Hall–Kier alpha value is -4.13. The Morgan fingerprint density at radius 3 is 2.27 bits per heavy atom. The summed E-state index contributed by atoms with van der Waals surface area (Å²) in [5.41, 5.74) is 9.46. The zero-order valence-electron chi connectivity index (χ0n) is 23.2. The van der Waals surface area contributed by atoms with Gasteiger partial charge in [0.15, 0.2) is 0 Å². The van der Waals surface area contributed by atoms with E-state index in [-0.39, 0.29) is 24.8 Å². The fourth-order valence-corrected chi connectivity index (χ4v) is 5.46. The van der Waals surface area contributed by atoms with Gasteiger partial charge in [0.1, 0.15) is 11.6 Å². The highest BCUT2D eigenvalue weighted by Crippen LogP contribution is 2.31. The maximum absolute atomic E-state index is 11.7. The molecule has 6 nitrogen and oxygen atoms in total. The van der Waals surface area contributed by atoms with E-state index >= 15 is 0 Å². The number of carboxylic acid groups (broad SMARTS) is 1. The fourth-order valence-electron chi connectivity index (χ4n) is 5.46. The van der Waals surface area contributed by atoms with Gasteiger partial charge in [0, 0.05) is 25.6 Å². The third kappa shape index (κ3) is 5.45. The molecule has 0 saturated carbocycles. The lowest BCUT2D eigenvalue weighted by molar-refractivity contribution is 0.0697. The predicted molar refractivity (Wildman–Crippen MR) is 171 cm³/mol. The van der Waals surface area contributed by atoms with Crippen LogP contribution in [0.5, 0.6) is 0 Å². The molecule has 0 bridgehead atoms. The molecule has 0 atom stereocenters. The van der Waals surface area contributed by atoms with Crippen molar-refractivity contribution < 1.29 is 9.90 Å². The minimum Gasteiger partial charge on any atom is -0.478 e. The molecule has 8 heteroatoms. The van der Waals surface area contributed by atoms with Gasteiger partial charge in [0.25, 0.3) is 0 Å². The summed E-state index contributed by atoms with van der Waals surface area (Å²) in [7, 11) is 2.06. The number of carbonyl (C=O) groups is 1. The summed E-state index contributed by atoms with van der Waals surface area (Å²) in [5.74, 6) is 1.08. The van der Waals surface area contributed by atoms with Crippen LogP contribution in [0.4, 0.5) is 0 Å². The summed E-state index contributed by atoms with van der Waals surface area (Å²) in [5, 5.41) is 9.60. The van der Waals surface area contributed by atoms with Crippen LogP contribution >= 0.6 is 24.8 Å². The normalized spacial score (nSPS) is 10.9. The summed E-state index contributed by atoms with van der Waals surface area (Å²) < 4.78 is 4.47. The molecule has 2 heterocycles. The molecule has 0 radical (unpaired) electrons. The monoisotopic (exact) mass is 586 g/mol. The number of hydrogen-bond acceptors (Lipinski definition) is 3. The highest BCUT2D eigenvalue weighted by atomic mass is 35.5. The second-order valence-corrected chi connectivity index (χ2v) is 10.1. The van der Waals surface area contributed by atoms with Crippen molar-refractivity contribution in [3.05, 3.63) is 107 Å². The lowest BCUT2D eigenvalue weighted by Crippen LogP contribution is -2.05. The number of carboxylic acids is 1. The molecule has 0 aliphatic carbocycles. The van der Waals surface area contributed by atoms with E-state index in [1.807, 2.05) is 42.5 Å². The van der Waals surface area contributed by atoms with Gasteiger partial charge in [-0.1, -0.05) is 61.5 Å². The molecule has 0 fully saturated rings. The third-order valence-corrected chi connectivity index (χ3v) is 7.41. The van der Waals surface area contributed by atoms with Crippen molar-refractivity contribution in [2.45, 2.75) is 33.2 Å². The number of rotatable bonds is 7. The number of nitrogens with zero attached hydrogens (tertiary/aromatic N) is 4. The second kappa shape index (κ2) is 12.2. The Morgan fingerprint density at radius 1 is 0.854 bits per heavy atom. The van der Waals surface area contributed by atoms with E-state index in [0.717, 1.165) is 74.4 Å². The molecule has 0 unspecified atom stereocenters. The molecule has 2 aromatic heterocycles. The number of hydrogen-bond donors (Lipinski definition) is 1. The third-order valence-electron chi connectivity index (χ3n) is 7.41. The van der Waals surface area contributed by atoms with Crippen molar-refractivity contribution in [2.24, 2.45) is 7.05 Å². The smallest absolute Gasteiger partial charge is 0.336 e. The first-order chi connectivity index (χ1) is 18.9. The van der Waals surface area contributed by atoms with Gasteiger partial charge in [-0.15, -0.1) is 24.8 Å². The molecule has 210 valence electrons. The average Bonchev–Trinajstić information content (AvgIpc) is 3.47. The van der Waals surface area contributed by atoms with Crippen LogP contribution in [0.3, 0.4) is 0 Å². The van der Waals surface area contributed by atoms with Crippen molar-refractivity contribution in [3.63, 3.8) is 0 Å². The number of benzene rings is 4. The first-order valence-electron chi connectivity index (χ1n) is 13.3. The van der Waals surface area contributed by atoms with Gasteiger partial charge in [0.2, 0.25) is 0 Å². The molecule has 0 amide bonds. The number of para-hydroxylation sites is 2. The molecule has 41 heavy (non-hydrogen) atoms. The first-order valence-corrected chi connectivity index (χ1v) is 13.3. The number of fused-ring (bicyclic) bond motifs is 2. The van der Waals surface area contributed by atoms with Gasteiger partial charge < -0.3 is 14.2 Å². The quantitative estimate of drug-likeness (QED) is 0.205. The zero-order valence-corrected chi connectivity index (χ0v) is 24.8. The number of halogens is 2. The fraction of sp³-hybridized carbons (Fsp3) is 0.182. The van der Waals surface area contributed by atoms with Gasteiger partial charge in [-0.05, 0) is 65.9 Å². The van der Waals surface area contributed by atoms with E-state index in [9.17, 15) is 9.90 Å². The minimum atomic E-state index is -0.921. The molecule has 0 aliphatic heterocycles. The topological polar surface area (TPSA) is 72.9 Å². The Labute approximate surface area is 251 Å². The largest absolute Gasteiger partial charge is 0.478 e. The minimum absolute atomic E-state index is 0. The van der Waals surface area contributed by atoms with Gasteiger partial charge in [-0.2, -0.15) is 0 Å². The van der Waals surface area contributed by atoms with Crippen LogP contribution < -0.4 is 0 Å². The molecule has 0 saturated heterocycles. The number of aromatic carboxylic acids is 1. The zero-order chi connectivity index (χ0) is 27.1. The lowest BCUT2D eigenvalue weighted by atomic mass is 9.98. The van der Waals surface area contributed by atoms with E-state index in [2.05, 4.69) is 60.4 Å². The van der Waals surface area contributed by atoms with Crippen LogP contribution in [0, 0.1) is 6.92 Å². The maximum Gasteiger partial charge on any atom is 0.336 e. The number of imidazole rings is 2. The predicted octanol–water partition coefficient (Wildman–Crippen LogP) is 8.11. The van der Waals surface area contributed by atoms with Gasteiger partial charge >= 0.3 is 5.97 Å². The van der Waals surface area contributed by atoms with Gasteiger partial charge in [0.05, 0.1) is 27.6 Å². The molecule has 0 aliphatic rings. The Kier molecular flexibility index (Phi) is 8.86. The number of aromatic nitrogens is 4. The van der Waals surface area contributed by atoms with Crippen molar-refractivity contribution in [1.29, 1.82) is 0 Å². The van der Waals surface area contributed by atoms with Crippen molar-refractivity contribution in [1.82, 2.24) is 19.1 Å². The van der Waals surface area contributed by atoms with Crippen molar-refractivity contribution >= 4 is 52.9 Å².